The van der Waals surface area contributed by atoms with Crippen LogP contribution in [0.5, 0.6) is 0 Å². The Balaban J connectivity index is 1.44. The zero-order chi connectivity index (χ0) is 24.9. The van der Waals surface area contributed by atoms with Gasteiger partial charge in [-0.25, -0.2) is 4.79 Å². The monoisotopic (exact) mass is 473 g/mol. The Morgan fingerprint density at radius 2 is 1.77 bits per heavy atom. The van der Waals surface area contributed by atoms with E-state index in [-0.39, 0.29) is 5.91 Å². The van der Waals surface area contributed by atoms with Crippen LogP contribution in [0.4, 0.5) is 5.69 Å². The number of aromatic nitrogens is 1. The van der Waals surface area contributed by atoms with Gasteiger partial charge in [0.1, 0.15) is 0 Å². The molecule has 4 rings (SSSR count). The number of esters is 1. The minimum atomic E-state index is -0.510. The normalized spacial score (nSPS) is 14.8. The Morgan fingerprint density at radius 3 is 2.49 bits per heavy atom. The van der Waals surface area contributed by atoms with Gasteiger partial charge in [0.15, 0.2) is 6.61 Å². The number of fused-ring (bicyclic) bond motifs is 2. The van der Waals surface area contributed by atoms with Crippen molar-refractivity contribution < 1.29 is 19.1 Å². The number of nitrogens with zero attached hydrogens (tertiary/aromatic N) is 2. The van der Waals surface area contributed by atoms with Crippen molar-refractivity contribution in [3.8, 4) is 0 Å². The summed E-state index contributed by atoms with van der Waals surface area (Å²) in [5, 5.41) is 3.47. The van der Waals surface area contributed by atoms with Crippen molar-refractivity contribution in [3.63, 3.8) is 0 Å². The quantitative estimate of drug-likeness (QED) is 0.505. The first-order valence-corrected chi connectivity index (χ1v) is 12.2. The standard InChI is InChI=1S/C28H31N3O4/c1-4-31(5-2)27(33)19-11-13-20(14-12-19)29-25(32)17-35-28(34)26-21-8-6-7-9-23(21)30-24-15-10-18(3)16-22(24)26/h6-9,11-14,18H,4-5,10,15-17H2,1-3H3,(H,29,32). The molecule has 7 heteroatoms. The molecule has 1 heterocycles. The Labute approximate surface area is 205 Å². The fourth-order valence-corrected chi connectivity index (χ4v) is 4.59. The highest BCUT2D eigenvalue weighted by atomic mass is 16.5. The maximum Gasteiger partial charge on any atom is 0.339 e. The van der Waals surface area contributed by atoms with E-state index >= 15 is 0 Å². The minimum Gasteiger partial charge on any atom is -0.452 e. The summed E-state index contributed by atoms with van der Waals surface area (Å²) in [5.41, 5.74) is 4.24. The average molecular weight is 474 g/mol. The molecule has 0 aliphatic heterocycles. The Kier molecular flexibility index (Phi) is 7.44. The van der Waals surface area contributed by atoms with E-state index < -0.39 is 18.5 Å². The van der Waals surface area contributed by atoms with Crippen LogP contribution in [0.2, 0.25) is 0 Å². The third-order valence-electron chi connectivity index (χ3n) is 6.51. The van der Waals surface area contributed by atoms with E-state index in [0.29, 0.717) is 35.8 Å². The molecule has 1 atom stereocenters. The predicted molar refractivity (Wildman–Crippen MR) is 136 cm³/mol. The number of nitrogens with one attached hydrogen (secondary N) is 1. The van der Waals surface area contributed by atoms with Gasteiger partial charge in [0, 0.05) is 35.4 Å². The first kappa shape index (κ1) is 24.4. The summed E-state index contributed by atoms with van der Waals surface area (Å²) in [6.45, 7) is 6.90. The molecule has 1 aliphatic rings. The summed E-state index contributed by atoms with van der Waals surface area (Å²) >= 11 is 0. The Bertz CT molecular complexity index is 1250. The van der Waals surface area contributed by atoms with Gasteiger partial charge in [0.2, 0.25) is 0 Å². The van der Waals surface area contributed by atoms with Crippen molar-refractivity contribution in [3.05, 3.63) is 70.9 Å². The van der Waals surface area contributed by atoms with Gasteiger partial charge in [-0.15, -0.1) is 0 Å². The number of ether oxygens (including phenoxy) is 1. The number of hydrogen-bond donors (Lipinski definition) is 1. The van der Waals surface area contributed by atoms with Crippen molar-refractivity contribution in [2.45, 2.75) is 40.0 Å². The molecule has 0 fully saturated rings. The highest BCUT2D eigenvalue weighted by Crippen LogP contribution is 2.32. The maximum atomic E-state index is 13.2. The number of benzene rings is 2. The number of aryl methyl sites for hydroxylation is 1. The number of anilines is 1. The van der Waals surface area contributed by atoms with Crippen LogP contribution in [0, 0.1) is 5.92 Å². The molecule has 35 heavy (non-hydrogen) atoms. The van der Waals surface area contributed by atoms with Gasteiger partial charge >= 0.3 is 5.97 Å². The van der Waals surface area contributed by atoms with Crippen molar-refractivity contribution in [2.24, 2.45) is 5.92 Å². The number of carbonyl (C=O) groups is 3. The lowest BCUT2D eigenvalue weighted by Crippen LogP contribution is -2.30. The van der Waals surface area contributed by atoms with Crippen LogP contribution in [0.25, 0.3) is 10.9 Å². The van der Waals surface area contributed by atoms with Crippen LogP contribution in [0.1, 0.15) is 59.2 Å². The molecule has 0 bridgehead atoms. The van der Waals surface area contributed by atoms with E-state index in [9.17, 15) is 14.4 Å². The molecule has 1 aromatic heterocycles. The van der Waals surface area contributed by atoms with Crippen LogP contribution < -0.4 is 5.32 Å². The smallest absolute Gasteiger partial charge is 0.339 e. The van der Waals surface area contributed by atoms with E-state index in [0.717, 1.165) is 41.4 Å². The second-order valence-electron chi connectivity index (χ2n) is 8.96. The topological polar surface area (TPSA) is 88.6 Å². The SMILES string of the molecule is CCN(CC)C(=O)c1ccc(NC(=O)COC(=O)c2c3c(nc4ccccc24)CCC(C)C3)cc1. The van der Waals surface area contributed by atoms with Gasteiger partial charge < -0.3 is 15.0 Å². The van der Waals surface area contributed by atoms with Crippen LogP contribution in [-0.2, 0) is 22.4 Å². The summed E-state index contributed by atoms with van der Waals surface area (Å²) < 4.78 is 5.45. The number of amides is 2. The molecule has 1 aliphatic carbocycles. The highest BCUT2D eigenvalue weighted by molar-refractivity contribution is 6.06. The first-order chi connectivity index (χ1) is 16.9. The van der Waals surface area contributed by atoms with Crippen LogP contribution in [-0.4, -0.2) is 47.4 Å². The lowest BCUT2D eigenvalue weighted by molar-refractivity contribution is -0.119. The average Bonchev–Trinajstić information content (AvgIpc) is 2.87. The van der Waals surface area contributed by atoms with Gasteiger partial charge in [0.05, 0.1) is 11.1 Å². The van der Waals surface area contributed by atoms with Crippen molar-refractivity contribution in [1.29, 1.82) is 0 Å². The highest BCUT2D eigenvalue weighted by Gasteiger charge is 2.26. The molecule has 0 radical (unpaired) electrons. The summed E-state index contributed by atoms with van der Waals surface area (Å²) in [4.78, 5) is 44.6. The van der Waals surface area contributed by atoms with Gasteiger partial charge in [-0.1, -0.05) is 25.1 Å². The van der Waals surface area contributed by atoms with Crippen LogP contribution >= 0.6 is 0 Å². The van der Waals surface area contributed by atoms with Crippen LogP contribution in [0.15, 0.2) is 48.5 Å². The fourth-order valence-electron chi connectivity index (χ4n) is 4.59. The lowest BCUT2D eigenvalue weighted by Gasteiger charge is -2.24. The summed E-state index contributed by atoms with van der Waals surface area (Å²) in [6.07, 6.45) is 2.63. The van der Waals surface area contributed by atoms with Crippen LogP contribution in [0.3, 0.4) is 0 Å². The summed E-state index contributed by atoms with van der Waals surface area (Å²) in [7, 11) is 0. The number of rotatable bonds is 7. The molecule has 7 nitrogen and oxygen atoms in total. The number of hydrogen-bond acceptors (Lipinski definition) is 5. The molecule has 2 aromatic carbocycles. The molecule has 3 aromatic rings. The molecule has 2 amide bonds. The first-order valence-electron chi connectivity index (χ1n) is 12.2. The molecule has 1 N–H and O–H groups in total. The summed E-state index contributed by atoms with van der Waals surface area (Å²) in [6, 6.07) is 14.2. The van der Waals surface area contributed by atoms with E-state index in [2.05, 4.69) is 12.2 Å². The minimum absolute atomic E-state index is 0.0518. The van der Waals surface area contributed by atoms with E-state index in [4.69, 9.17) is 9.72 Å². The number of carbonyl (C=O) groups excluding carboxylic acids is 3. The number of para-hydroxylation sites is 1. The molecular weight excluding hydrogens is 442 g/mol. The Hall–Kier alpha value is -3.74. The third kappa shape index (κ3) is 5.34. The number of pyridine rings is 1. The van der Waals surface area contributed by atoms with Gasteiger partial charge in [-0.05, 0) is 74.9 Å². The zero-order valence-electron chi connectivity index (χ0n) is 20.5. The molecule has 1 unspecified atom stereocenters. The van der Waals surface area contributed by atoms with Gasteiger partial charge in [-0.3, -0.25) is 14.6 Å². The predicted octanol–water partition coefficient (Wildman–Crippen LogP) is 4.64. The largest absolute Gasteiger partial charge is 0.452 e. The second-order valence-corrected chi connectivity index (χ2v) is 8.96. The van der Waals surface area contributed by atoms with Crippen molar-refractivity contribution in [1.82, 2.24) is 9.88 Å². The lowest BCUT2D eigenvalue weighted by atomic mass is 9.84. The van der Waals surface area contributed by atoms with Crippen molar-refractivity contribution in [2.75, 3.05) is 25.0 Å². The third-order valence-corrected chi connectivity index (χ3v) is 6.51. The van der Waals surface area contributed by atoms with Crippen molar-refractivity contribution >= 4 is 34.4 Å². The molecule has 0 saturated carbocycles. The second kappa shape index (κ2) is 10.7. The Morgan fingerprint density at radius 1 is 1.06 bits per heavy atom. The molecule has 182 valence electrons. The zero-order valence-corrected chi connectivity index (χ0v) is 20.5. The van der Waals surface area contributed by atoms with E-state index in [1.54, 1.807) is 29.2 Å². The van der Waals surface area contributed by atoms with E-state index in [1.165, 1.54) is 0 Å². The maximum absolute atomic E-state index is 13.2. The molecular formula is C28H31N3O4. The fraction of sp³-hybridized carbons (Fsp3) is 0.357. The molecule has 0 saturated heterocycles. The van der Waals surface area contributed by atoms with E-state index in [1.807, 2.05) is 38.1 Å². The van der Waals surface area contributed by atoms with Gasteiger partial charge in [0.25, 0.3) is 11.8 Å². The molecule has 0 spiro atoms. The summed E-state index contributed by atoms with van der Waals surface area (Å²) in [5.74, 6) is -0.549. The van der Waals surface area contributed by atoms with Gasteiger partial charge in [-0.2, -0.15) is 0 Å².